The number of hydrogen-bond acceptors (Lipinski definition) is 6. The highest BCUT2D eigenvalue weighted by molar-refractivity contribution is 5.16. The zero-order valence-corrected chi connectivity index (χ0v) is 24.1. The van der Waals surface area contributed by atoms with Crippen LogP contribution >= 0.6 is 0 Å². The molecule has 0 spiro atoms. The monoisotopic (exact) mass is 568 g/mol. The van der Waals surface area contributed by atoms with E-state index in [4.69, 9.17) is 28.4 Å². The van der Waals surface area contributed by atoms with Gasteiger partial charge in [0.15, 0.2) is 6.29 Å². The fraction of sp³-hybridized carbons (Fsp3) is 0.333. The molecule has 0 aliphatic carbocycles. The molecule has 0 bridgehead atoms. The van der Waals surface area contributed by atoms with E-state index in [1.807, 2.05) is 104 Å². The zero-order valence-electron chi connectivity index (χ0n) is 24.1. The summed E-state index contributed by atoms with van der Waals surface area (Å²) in [6, 6.07) is 40.5. The molecule has 5 atom stereocenters. The molecule has 1 saturated heterocycles. The first kappa shape index (κ1) is 30.1. The van der Waals surface area contributed by atoms with Crippen LogP contribution in [0, 0.1) is 0 Å². The summed E-state index contributed by atoms with van der Waals surface area (Å²) in [4.78, 5) is 0. The Balaban J connectivity index is 1.40. The molecule has 42 heavy (non-hydrogen) atoms. The Morgan fingerprint density at radius 2 is 0.881 bits per heavy atom. The first-order valence-electron chi connectivity index (χ1n) is 14.7. The van der Waals surface area contributed by atoms with Crippen molar-refractivity contribution in [2.24, 2.45) is 0 Å². The molecule has 6 nitrogen and oxygen atoms in total. The summed E-state index contributed by atoms with van der Waals surface area (Å²) in [5, 5.41) is 0. The summed E-state index contributed by atoms with van der Waals surface area (Å²) in [5.74, 6) is 0. The highest BCUT2D eigenvalue weighted by Gasteiger charge is 2.49. The van der Waals surface area contributed by atoms with Gasteiger partial charge in [-0.05, 0) is 29.2 Å². The summed E-state index contributed by atoms with van der Waals surface area (Å²) < 4.78 is 38.7. The van der Waals surface area contributed by atoms with Gasteiger partial charge in [-0.25, -0.2) is 0 Å². The summed E-state index contributed by atoms with van der Waals surface area (Å²) in [6.07, 6.45) is -2.57. The largest absolute Gasteiger partial charge is 0.374 e. The maximum Gasteiger partial charge on any atom is 0.186 e. The van der Waals surface area contributed by atoms with Gasteiger partial charge in [0, 0.05) is 6.61 Å². The van der Waals surface area contributed by atoms with Crippen molar-refractivity contribution < 1.29 is 28.4 Å². The zero-order chi connectivity index (χ0) is 28.8. The molecule has 1 aliphatic rings. The molecule has 0 saturated carbocycles. The van der Waals surface area contributed by atoms with Gasteiger partial charge in [-0.1, -0.05) is 121 Å². The van der Waals surface area contributed by atoms with Crippen molar-refractivity contribution in [3.63, 3.8) is 0 Å². The predicted octanol–water partition coefficient (Wildman–Crippen LogP) is 6.72. The van der Waals surface area contributed by atoms with Crippen LogP contribution in [0.5, 0.6) is 0 Å². The SMILES string of the molecule is CCO[C@@H]1OC(COCc2ccccc2)[C@H](OCc2ccccc2)C(OCc2ccccc2)C1OCc1ccccc1. The van der Waals surface area contributed by atoms with Crippen molar-refractivity contribution in [1.82, 2.24) is 0 Å². The van der Waals surface area contributed by atoms with Crippen molar-refractivity contribution in [3.05, 3.63) is 144 Å². The van der Waals surface area contributed by atoms with Gasteiger partial charge in [-0.3, -0.25) is 0 Å². The Morgan fingerprint density at radius 1 is 0.476 bits per heavy atom. The third-order valence-corrected chi connectivity index (χ3v) is 7.17. The lowest BCUT2D eigenvalue weighted by Gasteiger charge is -2.45. The van der Waals surface area contributed by atoms with Crippen LogP contribution in [0.25, 0.3) is 0 Å². The molecule has 0 amide bonds. The van der Waals surface area contributed by atoms with Crippen molar-refractivity contribution in [2.45, 2.75) is 64.1 Å². The van der Waals surface area contributed by atoms with Crippen molar-refractivity contribution in [2.75, 3.05) is 13.2 Å². The Bertz CT molecular complexity index is 1270. The summed E-state index contributed by atoms with van der Waals surface area (Å²) in [6.45, 7) is 4.40. The van der Waals surface area contributed by atoms with Crippen LogP contribution in [0.15, 0.2) is 121 Å². The molecule has 6 heteroatoms. The third-order valence-electron chi connectivity index (χ3n) is 7.17. The van der Waals surface area contributed by atoms with E-state index in [9.17, 15) is 0 Å². The molecule has 4 aromatic carbocycles. The molecule has 3 unspecified atom stereocenters. The standard InChI is InChI=1S/C36H40O6/c1-2-38-36-35(41-26-31-21-13-6-14-22-31)34(40-25-30-19-11-5-12-20-30)33(39-24-29-17-9-4-10-18-29)32(42-36)27-37-23-28-15-7-3-8-16-28/h3-22,32-36H,2,23-27H2,1H3/t32?,33-,34?,35?,36+/m0/s1. The minimum atomic E-state index is -0.651. The lowest BCUT2D eigenvalue weighted by molar-refractivity contribution is -0.327. The van der Waals surface area contributed by atoms with Crippen molar-refractivity contribution in [3.8, 4) is 0 Å². The second-order valence-electron chi connectivity index (χ2n) is 10.3. The quantitative estimate of drug-likeness (QED) is 0.159. The topological polar surface area (TPSA) is 55.4 Å². The second kappa shape index (κ2) is 16.3. The van der Waals surface area contributed by atoms with Gasteiger partial charge in [-0.15, -0.1) is 0 Å². The predicted molar refractivity (Wildman–Crippen MR) is 161 cm³/mol. The second-order valence-corrected chi connectivity index (χ2v) is 10.3. The fourth-order valence-electron chi connectivity index (χ4n) is 5.05. The smallest absolute Gasteiger partial charge is 0.186 e. The van der Waals surface area contributed by atoms with Crippen LogP contribution in [0.3, 0.4) is 0 Å². The normalized spacial score (nSPS) is 22.2. The van der Waals surface area contributed by atoms with Gasteiger partial charge in [0.2, 0.25) is 0 Å². The van der Waals surface area contributed by atoms with E-state index >= 15 is 0 Å². The van der Waals surface area contributed by atoms with E-state index in [1.54, 1.807) is 0 Å². The lowest BCUT2D eigenvalue weighted by Crippen LogP contribution is -2.61. The number of rotatable bonds is 15. The summed E-state index contributed by atoms with van der Waals surface area (Å²) >= 11 is 0. The van der Waals surface area contributed by atoms with E-state index in [0.717, 1.165) is 22.3 Å². The molecular weight excluding hydrogens is 528 g/mol. The molecule has 1 heterocycles. The first-order chi connectivity index (χ1) is 20.8. The maximum absolute atomic E-state index is 6.68. The maximum atomic E-state index is 6.68. The summed E-state index contributed by atoms with van der Waals surface area (Å²) in [5.41, 5.74) is 4.29. The van der Waals surface area contributed by atoms with E-state index in [2.05, 4.69) is 24.3 Å². The van der Waals surface area contributed by atoms with Crippen molar-refractivity contribution in [1.29, 1.82) is 0 Å². The van der Waals surface area contributed by atoms with Crippen LogP contribution in [-0.2, 0) is 54.8 Å². The lowest BCUT2D eigenvalue weighted by atomic mass is 9.97. The number of hydrogen-bond donors (Lipinski definition) is 0. The van der Waals surface area contributed by atoms with Gasteiger partial charge in [-0.2, -0.15) is 0 Å². The van der Waals surface area contributed by atoms with E-state index in [0.29, 0.717) is 39.6 Å². The highest BCUT2D eigenvalue weighted by atomic mass is 16.7. The van der Waals surface area contributed by atoms with E-state index < -0.39 is 30.7 Å². The molecule has 0 N–H and O–H groups in total. The summed E-state index contributed by atoms with van der Waals surface area (Å²) in [7, 11) is 0. The molecule has 0 aromatic heterocycles. The van der Waals surface area contributed by atoms with Crippen LogP contribution in [0.2, 0.25) is 0 Å². The Kier molecular flexibility index (Phi) is 11.7. The van der Waals surface area contributed by atoms with Gasteiger partial charge < -0.3 is 28.4 Å². The van der Waals surface area contributed by atoms with Gasteiger partial charge in [0.05, 0.1) is 33.0 Å². The molecule has 0 radical (unpaired) electrons. The first-order valence-corrected chi connectivity index (χ1v) is 14.7. The van der Waals surface area contributed by atoms with Crippen LogP contribution < -0.4 is 0 Å². The van der Waals surface area contributed by atoms with Crippen molar-refractivity contribution >= 4 is 0 Å². The number of benzene rings is 4. The van der Waals surface area contributed by atoms with Crippen LogP contribution in [0.4, 0.5) is 0 Å². The average Bonchev–Trinajstić information content (AvgIpc) is 3.05. The molecule has 220 valence electrons. The van der Waals surface area contributed by atoms with E-state index in [1.165, 1.54) is 0 Å². The fourth-order valence-corrected chi connectivity index (χ4v) is 5.05. The number of ether oxygens (including phenoxy) is 6. The molecule has 4 aromatic rings. The Hall–Kier alpha value is -3.36. The molecule has 5 rings (SSSR count). The minimum Gasteiger partial charge on any atom is -0.374 e. The Labute approximate surface area is 249 Å². The van der Waals surface area contributed by atoms with Gasteiger partial charge in [0.25, 0.3) is 0 Å². The van der Waals surface area contributed by atoms with Crippen LogP contribution in [-0.4, -0.2) is 43.9 Å². The minimum absolute atomic E-state index is 0.314. The van der Waals surface area contributed by atoms with Crippen LogP contribution in [0.1, 0.15) is 29.2 Å². The highest BCUT2D eigenvalue weighted by Crippen LogP contribution is 2.31. The van der Waals surface area contributed by atoms with Gasteiger partial charge in [0.1, 0.15) is 24.4 Å². The Morgan fingerprint density at radius 3 is 1.33 bits per heavy atom. The average molecular weight is 569 g/mol. The molecule has 1 fully saturated rings. The van der Waals surface area contributed by atoms with Gasteiger partial charge >= 0.3 is 0 Å². The molecule has 1 aliphatic heterocycles. The van der Waals surface area contributed by atoms with E-state index in [-0.39, 0.29) is 0 Å². The third kappa shape index (κ3) is 8.82. The molecular formula is C36H40O6.